The lowest BCUT2D eigenvalue weighted by Gasteiger charge is -2.28. The van der Waals surface area contributed by atoms with Crippen LogP contribution in [0, 0.1) is 22.7 Å². The van der Waals surface area contributed by atoms with E-state index in [9.17, 15) is 20.7 Å². The molecule has 0 saturated carbocycles. The maximum Gasteiger partial charge on any atom is 0.126 e. The normalized spacial score (nSPS) is 12.6. The maximum atomic E-state index is 12.9. The van der Waals surface area contributed by atoms with E-state index in [1.165, 1.54) is 11.1 Å². The summed E-state index contributed by atoms with van der Waals surface area (Å²) in [6, 6.07) is 53.9. The summed E-state index contributed by atoms with van der Waals surface area (Å²) in [7, 11) is 0. The largest absolute Gasteiger partial charge is 0.507 e. The highest BCUT2D eigenvalue weighted by Gasteiger charge is 2.29. The Labute approximate surface area is 537 Å². The highest BCUT2D eigenvalue weighted by molar-refractivity contribution is 5.66. The van der Waals surface area contributed by atoms with Crippen molar-refractivity contribution in [2.45, 2.75) is 182 Å². The summed E-state index contributed by atoms with van der Waals surface area (Å²) in [5, 5.41) is 44.2. The van der Waals surface area contributed by atoms with Gasteiger partial charge in [-0.3, -0.25) is 0 Å². The minimum atomic E-state index is -0.218. The highest BCUT2D eigenvalue weighted by Crippen LogP contribution is 2.44. The van der Waals surface area contributed by atoms with E-state index in [-0.39, 0.29) is 21.7 Å². The van der Waals surface area contributed by atoms with Crippen LogP contribution in [0.3, 0.4) is 0 Å². The number of benzene rings is 8. The number of aromatic hydroxyl groups is 2. The van der Waals surface area contributed by atoms with Crippen LogP contribution in [-0.4, -0.2) is 36.6 Å². The lowest BCUT2D eigenvalue weighted by Crippen LogP contribution is -2.17. The first kappa shape index (κ1) is 66.0. The van der Waals surface area contributed by atoms with Gasteiger partial charge in [0.15, 0.2) is 0 Å². The summed E-state index contributed by atoms with van der Waals surface area (Å²) < 4.78 is 26.6. The first-order chi connectivity index (χ1) is 42.8. The number of ether oxygens (including phenoxy) is 4. The van der Waals surface area contributed by atoms with Crippen molar-refractivity contribution in [3.8, 4) is 68.9 Å². The molecule has 8 aromatic rings. The van der Waals surface area contributed by atoms with Crippen LogP contribution in [0.1, 0.15) is 212 Å². The van der Waals surface area contributed by atoms with Crippen LogP contribution in [0.4, 0.5) is 0 Å². The van der Waals surface area contributed by atoms with Crippen LogP contribution in [0.25, 0.3) is 22.3 Å². The summed E-state index contributed by atoms with van der Waals surface area (Å²) >= 11 is 0. The fourth-order valence-corrected chi connectivity index (χ4v) is 11.8. The van der Waals surface area contributed by atoms with Gasteiger partial charge in [0.2, 0.25) is 0 Å². The molecule has 0 unspecified atom stereocenters. The second-order valence-electron chi connectivity index (χ2n) is 28.9. The zero-order chi connectivity index (χ0) is 64.4. The molecule has 0 amide bonds. The van der Waals surface area contributed by atoms with Crippen molar-refractivity contribution in [2.24, 2.45) is 0 Å². The minimum absolute atomic E-state index is 0.207. The average Bonchev–Trinajstić information content (AvgIpc) is 0.791. The molecule has 8 heteroatoms. The third-order valence-corrected chi connectivity index (χ3v) is 17.5. The van der Waals surface area contributed by atoms with Gasteiger partial charge in [0.1, 0.15) is 34.5 Å². The number of nitrogens with zero attached hydrogens (tertiary/aromatic N) is 2. The number of rotatable bonds is 20. The lowest BCUT2D eigenvalue weighted by molar-refractivity contribution is 0.284. The van der Waals surface area contributed by atoms with Gasteiger partial charge in [0.25, 0.3) is 0 Å². The fourth-order valence-electron chi connectivity index (χ4n) is 11.8. The van der Waals surface area contributed by atoms with E-state index >= 15 is 0 Å². The molecule has 8 nitrogen and oxygen atoms in total. The van der Waals surface area contributed by atoms with Gasteiger partial charge >= 0.3 is 0 Å². The first-order valence-corrected chi connectivity index (χ1v) is 32.6. The molecular formula is C82H94N2O6. The molecule has 0 saturated heterocycles. The van der Waals surface area contributed by atoms with Crippen molar-refractivity contribution in [1.82, 2.24) is 0 Å². The molecule has 1 aliphatic carbocycles. The van der Waals surface area contributed by atoms with Gasteiger partial charge in [-0.15, -0.1) is 0 Å². The smallest absolute Gasteiger partial charge is 0.126 e. The van der Waals surface area contributed by atoms with E-state index in [1.807, 2.05) is 72.8 Å². The van der Waals surface area contributed by atoms with Crippen LogP contribution >= 0.6 is 0 Å². The van der Waals surface area contributed by atoms with E-state index in [0.717, 1.165) is 152 Å². The van der Waals surface area contributed by atoms with E-state index in [4.69, 9.17) is 18.9 Å². The predicted molar refractivity (Wildman–Crippen MR) is 367 cm³/mol. The first-order valence-electron chi connectivity index (χ1n) is 32.6. The molecule has 0 spiro atoms. The van der Waals surface area contributed by atoms with E-state index in [1.54, 1.807) is 0 Å². The molecule has 0 heterocycles. The Kier molecular flexibility index (Phi) is 20.9. The van der Waals surface area contributed by atoms with E-state index < -0.39 is 0 Å². The molecule has 8 bridgehead atoms. The summed E-state index contributed by atoms with van der Waals surface area (Å²) in [5.74, 6) is 3.91. The van der Waals surface area contributed by atoms with Gasteiger partial charge < -0.3 is 29.2 Å². The summed E-state index contributed by atoms with van der Waals surface area (Å²) in [6.07, 6.45) is 9.28. The molecule has 2 N–H and O–H groups in total. The zero-order valence-corrected chi connectivity index (χ0v) is 55.6. The molecular weight excluding hydrogens is 1110 g/mol. The van der Waals surface area contributed by atoms with Crippen LogP contribution < -0.4 is 18.9 Å². The molecule has 8 aromatic carbocycles. The SMILES string of the molecule is CC(C)(C)c1cc2c(O)c(c1)Cc1cc(C(C)(C)C)cc(c1OCCCCCCOc1ccc(-c3ccc(C#N)cc3)cc1)Cc1cc(C(C)(C)C)cc(c1O)Cc1cc(C(C)(C)C)cc(c1OCCCCCCOc1ccc(-c3ccc(C#N)cc3)cc1)C2. The Morgan fingerprint density at radius 2 is 0.533 bits per heavy atom. The number of hydrogen-bond donors (Lipinski definition) is 2. The molecule has 90 heavy (non-hydrogen) atoms. The second-order valence-corrected chi connectivity index (χ2v) is 28.9. The number of phenolic OH excluding ortho intramolecular Hbond substituents is 2. The number of hydrogen-bond acceptors (Lipinski definition) is 8. The van der Waals surface area contributed by atoms with E-state index in [0.29, 0.717) is 74.7 Å². The fraction of sp³-hybridized carbons (Fsp3) is 0.390. The summed E-state index contributed by atoms with van der Waals surface area (Å²) in [4.78, 5) is 0. The molecule has 9 rings (SSSR count). The standard InChI is InChI=1S/C82H94N2O6/c1-79(2,3)69-45-61-41-65-49-71(81(7,8)9)51-67(77(65)89-39-19-15-13-17-37-87-73-33-29-59(30-34-73)57-25-21-55(53-83)22-26-57)43-63-47-70(80(4,5)6)48-64(76(63)86)44-68-52-72(82(10,11)12)50-66(42-62(46-69)75(61)85)78(68)90-40-20-16-14-18-38-88-74-35-31-60(32-36-74)58-27-23-56(54-84)24-28-58/h21-36,45-52,85-86H,13-20,37-44H2,1-12H3. The molecule has 1 aliphatic rings. The topological polar surface area (TPSA) is 125 Å². The molecule has 0 radical (unpaired) electrons. The molecule has 0 fully saturated rings. The monoisotopic (exact) mass is 1200 g/mol. The Morgan fingerprint density at radius 3 is 0.767 bits per heavy atom. The van der Waals surface area contributed by atoms with Crippen molar-refractivity contribution < 1.29 is 29.2 Å². The van der Waals surface area contributed by atoms with Crippen molar-refractivity contribution in [3.63, 3.8) is 0 Å². The third-order valence-electron chi connectivity index (χ3n) is 17.5. The average molecular weight is 1200 g/mol. The quantitative estimate of drug-likeness (QED) is 0.0723. The number of nitriles is 2. The Balaban J connectivity index is 0.980. The van der Waals surface area contributed by atoms with Crippen LogP contribution in [0.2, 0.25) is 0 Å². The van der Waals surface area contributed by atoms with Crippen LogP contribution in [0.5, 0.6) is 34.5 Å². The number of unbranched alkanes of at least 4 members (excludes halogenated alkanes) is 6. The lowest BCUT2D eigenvalue weighted by atomic mass is 9.79. The van der Waals surface area contributed by atoms with Gasteiger partial charge in [0, 0.05) is 25.7 Å². The maximum absolute atomic E-state index is 12.9. The van der Waals surface area contributed by atoms with Gasteiger partial charge in [-0.05, 0) is 211 Å². The molecule has 468 valence electrons. The summed E-state index contributed by atoms with van der Waals surface area (Å²) in [5.41, 5.74) is 16.9. The minimum Gasteiger partial charge on any atom is -0.507 e. The Bertz CT molecular complexity index is 3480. The van der Waals surface area contributed by atoms with Gasteiger partial charge in [-0.2, -0.15) is 10.5 Å². The predicted octanol–water partition coefficient (Wildman–Crippen LogP) is 20.1. The van der Waals surface area contributed by atoms with Gasteiger partial charge in [-0.1, -0.05) is 180 Å². The van der Waals surface area contributed by atoms with Crippen molar-refractivity contribution in [1.29, 1.82) is 10.5 Å². The number of phenols is 2. The molecule has 0 atom stereocenters. The highest BCUT2D eigenvalue weighted by atomic mass is 16.5. The molecule has 0 aromatic heterocycles. The van der Waals surface area contributed by atoms with Crippen LogP contribution in [-0.2, 0) is 47.3 Å². The van der Waals surface area contributed by atoms with Gasteiger partial charge in [-0.25, -0.2) is 0 Å². The van der Waals surface area contributed by atoms with E-state index in [2.05, 4.69) is 168 Å². The third kappa shape index (κ3) is 17.1. The summed E-state index contributed by atoms with van der Waals surface area (Å²) in [6.45, 7) is 29.3. The second kappa shape index (κ2) is 28.6. The Hall–Kier alpha value is -8.46. The molecule has 0 aliphatic heterocycles. The van der Waals surface area contributed by atoms with Crippen molar-refractivity contribution in [2.75, 3.05) is 26.4 Å². The van der Waals surface area contributed by atoms with Crippen molar-refractivity contribution >= 4 is 0 Å². The van der Waals surface area contributed by atoms with Gasteiger partial charge in [0.05, 0.1) is 49.7 Å². The zero-order valence-electron chi connectivity index (χ0n) is 55.6. The van der Waals surface area contributed by atoms with Crippen molar-refractivity contribution in [3.05, 3.63) is 223 Å². The number of fused-ring (bicyclic) bond motifs is 8. The van der Waals surface area contributed by atoms with Crippen LogP contribution in [0.15, 0.2) is 146 Å². The Morgan fingerprint density at radius 1 is 0.311 bits per heavy atom.